The van der Waals surface area contributed by atoms with Gasteiger partial charge in [0, 0.05) is 5.56 Å². The zero-order valence-electron chi connectivity index (χ0n) is 8.11. The molecule has 0 bridgehead atoms. The van der Waals surface area contributed by atoms with Crippen molar-refractivity contribution in [1.82, 2.24) is 20.2 Å². The highest BCUT2D eigenvalue weighted by Gasteiger charge is 2.07. The first kappa shape index (κ1) is 9.32. The Labute approximate surface area is 86.2 Å². The van der Waals surface area contributed by atoms with E-state index in [1.54, 1.807) is 0 Å². The normalized spacial score (nSPS) is 11.4. The van der Waals surface area contributed by atoms with Crippen molar-refractivity contribution in [3.8, 4) is 0 Å². The summed E-state index contributed by atoms with van der Waals surface area (Å²) in [6.07, 6.45) is 1.46. The summed E-state index contributed by atoms with van der Waals surface area (Å²) in [6.45, 7) is 0. The third-order valence-electron chi connectivity index (χ3n) is 1.78. The van der Waals surface area contributed by atoms with Crippen molar-refractivity contribution in [3.63, 3.8) is 0 Å². The van der Waals surface area contributed by atoms with Crippen LogP contribution in [0.4, 0.5) is 0 Å². The number of hydrogen-bond donors (Lipinski definition) is 0. The molecule has 2 rings (SSSR count). The molecule has 2 aromatic rings. The number of oxime groups is 1. The van der Waals surface area contributed by atoms with E-state index in [0.29, 0.717) is 5.84 Å². The molecule has 15 heavy (non-hydrogen) atoms. The Bertz CT molecular complexity index is 437. The molecule has 0 spiro atoms. The number of benzene rings is 1. The van der Waals surface area contributed by atoms with Gasteiger partial charge in [0.2, 0.25) is 5.84 Å². The van der Waals surface area contributed by atoms with Gasteiger partial charge >= 0.3 is 0 Å². The number of hydrogen-bond acceptors (Lipinski definition) is 5. The lowest BCUT2D eigenvalue weighted by atomic mass is 10.2. The highest BCUT2D eigenvalue weighted by molar-refractivity contribution is 5.99. The maximum atomic E-state index is 4.75. The van der Waals surface area contributed by atoms with Crippen molar-refractivity contribution >= 4 is 5.84 Å². The van der Waals surface area contributed by atoms with Crippen LogP contribution in [0.2, 0.25) is 0 Å². The van der Waals surface area contributed by atoms with E-state index in [0.717, 1.165) is 5.56 Å². The third kappa shape index (κ3) is 1.98. The van der Waals surface area contributed by atoms with Gasteiger partial charge in [0.25, 0.3) is 0 Å². The fraction of sp³-hybridized carbons (Fsp3) is 0.111. The standard InChI is InChI=1S/C9H9N5O/c1-15-11-9(14-7-10-12-13-14)8-5-3-2-4-6-8/h2-7H,1H3. The van der Waals surface area contributed by atoms with Gasteiger partial charge in [-0.05, 0) is 10.4 Å². The van der Waals surface area contributed by atoms with E-state index in [1.807, 2.05) is 30.3 Å². The van der Waals surface area contributed by atoms with Crippen molar-refractivity contribution in [1.29, 1.82) is 0 Å². The molecule has 76 valence electrons. The van der Waals surface area contributed by atoms with Crippen molar-refractivity contribution in [3.05, 3.63) is 42.2 Å². The summed E-state index contributed by atoms with van der Waals surface area (Å²) in [5, 5.41) is 14.7. The Balaban J connectivity index is 2.42. The Kier molecular flexibility index (Phi) is 2.68. The van der Waals surface area contributed by atoms with Crippen LogP contribution in [0.1, 0.15) is 5.56 Å². The molecule has 1 aromatic carbocycles. The number of nitrogens with zero attached hydrogens (tertiary/aromatic N) is 5. The molecule has 0 fully saturated rings. The molecule has 0 unspecified atom stereocenters. The van der Waals surface area contributed by atoms with E-state index in [9.17, 15) is 0 Å². The van der Waals surface area contributed by atoms with Gasteiger partial charge in [-0.2, -0.15) is 4.68 Å². The van der Waals surface area contributed by atoms with Crippen molar-refractivity contribution in [2.75, 3.05) is 7.11 Å². The zero-order chi connectivity index (χ0) is 10.5. The first-order valence-corrected chi connectivity index (χ1v) is 4.32. The summed E-state index contributed by atoms with van der Waals surface area (Å²) in [5.74, 6) is 0.545. The SMILES string of the molecule is CON=C(c1ccccc1)n1cnnn1. The molecule has 0 saturated carbocycles. The Morgan fingerprint density at radius 1 is 1.33 bits per heavy atom. The minimum absolute atomic E-state index is 0.545. The molecule has 6 heteroatoms. The third-order valence-corrected chi connectivity index (χ3v) is 1.78. The summed E-state index contributed by atoms with van der Waals surface area (Å²) in [6, 6.07) is 9.54. The summed E-state index contributed by atoms with van der Waals surface area (Å²) >= 11 is 0. The van der Waals surface area contributed by atoms with Gasteiger partial charge < -0.3 is 4.84 Å². The largest absolute Gasteiger partial charge is 0.397 e. The Morgan fingerprint density at radius 3 is 2.73 bits per heavy atom. The molecule has 0 aliphatic heterocycles. The molecular weight excluding hydrogens is 194 g/mol. The second kappa shape index (κ2) is 4.32. The van der Waals surface area contributed by atoms with Crippen LogP contribution < -0.4 is 0 Å². The van der Waals surface area contributed by atoms with E-state index in [-0.39, 0.29) is 0 Å². The molecular formula is C9H9N5O. The smallest absolute Gasteiger partial charge is 0.203 e. The van der Waals surface area contributed by atoms with Crippen LogP contribution in [0.5, 0.6) is 0 Å². The highest BCUT2D eigenvalue weighted by Crippen LogP contribution is 2.02. The van der Waals surface area contributed by atoms with Crippen LogP contribution >= 0.6 is 0 Å². The Hall–Kier alpha value is -2.24. The van der Waals surface area contributed by atoms with Gasteiger partial charge in [-0.15, -0.1) is 5.10 Å². The van der Waals surface area contributed by atoms with Crippen LogP contribution in [0.3, 0.4) is 0 Å². The van der Waals surface area contributed by atoms with Gasteiger partial charge in [0.1, 0.15) is 13.4 Å². The van der Waals surface area contributed by atoms with Crippen molar-refractivity contribution in [2.24, 2.45) is 5.16 Å². The topological polar surface area (TPSA) is 65.2 Å². The highest BCUT2D eigenvalue weighted by atomic mass is 16.6. The van der Waals surface area contributed by atoms with Gasteiger partial charge in [0.15, 0.2) is 0 Å². The summed E-state index contributed by atoms with van der Waals surface area (Å²) in [4.78, 5) is 4.75. The molecule has 0 atom stereocenters. The minimum atomic E-state index is 0.545. The molecule has 6 nitrogen and oxygen atoms in total. The van der Waals surface area contributed by atoms with Gasteiger partial charge in [-0.3, -0.25) is 0 Å². The van der Waals surface area contributed by atoms with Crippen LogP contribution in [0, 0.1) is 0 Å². The predicted octanol–water partition coefficient (Wildman–Crippen LogP) is 0.529. The average Bonchev–Trinajstić information content (AvgIpc) is 2.80. The summed E-state index contributed by atoms with van der Waals surface area (Å²) in [5.41, 5.74) is 0.881. The molecule has 0 amide bonds. The van der Waals surface area contributed by atoms with Crippen molar-refractivity contribution in [2.45, 2.75) is 0 Å². The zero-order valence-corrected chi connectivity index (χ0v) is 8.11. The predicted molar refractivity (Wildman–Crippen MR) is 53.2 cm³/mol. The van der Waals surface area contributed by atoms with E-state index >= 15 is 0 Å². The van der Waals surface area contributed by atoms with E-state index in [4.69, 9.17) is 4.84 Å². The fourth-order valence-electron chi connectivity index (χ4n) is 1.16. The van der Waals surface area contributed by atoms with Crippen LogP contribution in [0.15, 0.2) is 41.8 Å². The molecule has 0 N–H and O–H groups in total. The quantitative estimate of drug-likeness (QED) is 0.405. The average molecular weight is 203 g/mol. The second-order valence-electron chi connectivity index (χ2n) is 2.72. The maximum Gasteiger partial charge on any atom is 0.203 e. The van der Waals surface area contributed by atoms with E-state index < -0.39 is 0 Å². The number of rotatable bonds is 2. The second-order valence-corrected chi connectivity index (χ2v) is 2.72. The fourth-order valence-corrected chi connectivity index (χ4v) is 1.16. The monoisotopic (exact) mass is 203 g/mol. The van der Waals surface area contributed by atoms with Gasteiger partial charge in [-0.1, -0.05) is 35.5 Å². The minimum Gasteiger partial charge on any atom is -0.397 e. The van der Waals surface area contributed by atoms with Crippen LogP contribution in [-0.2, 0) is 4.84 Å². The number of aromatic nitrogens is 4. The summed E-state index contributed by atoms with van der Waals surface area (Å²) < 4.78 is 1.44. The molecule has 1 aromatic heterocycles. The Morgan fingerprint density at radius 2 is 2.13 bits per heavy atom. The lowest BCUT2D eigenvalue weighted by molar-refractivity contribution is 0.212. The molecule has 0 radical (unpaired) electrons. The van der Waals surface area contributed by atoms with Crippen molar-refractivity contribution < 1.29 is 4.84 Å². The molecule has 0 aliphatic rings. The van der Waals surface area contributed by atoms with Crippen LogP contribution in [-0.4, -0.2) is 33.2 Å². The van der Waals surface area contributed by atoms with E-state index in [1.165, 1.54) is 18.1 Å². The first-order valence-electron chi connectivity index (χ1n) is 4.32. The number of tetrazole rings is 1. The molecule has 1 heterocycles. The van der Waals surface area contributed by atoms with E-state index in [2.05, 4.69) is 20.7 Å². The summed E-state index contributed by atoms with van der Waals surface area (Å²) in [7, 11) is 1.48. The lowest BCUT2D eigenvalue weighted by Gasteiger charge is -2.03. The van der Waals surface area contributed by atoms with Crippen LogP contribution in [0.25, 0.3) is 0 Å². The molecule has 0 aliphatic carbocycles. The molecule has 0 saturated heterocycles. The lowest BCUT2D eigenvalue weighted by Crippen LogP contribution is -2.14. The van der Waals surface area contributed by atoms with Gasteiger partial charge in [0.05, 0.1) is 0 Å². The maximum absolute atomic E-state index is 4.75. The first-order chi connectivity index (χ1) is 7.42. The van der Waals surface area contributed by atoms with Gasteiger partial charge in [-0.25, -0.2) is 0 Å².